The van der Waals surface area contributed by atoms with Gasteiger partial charge in [-0.25, -0.2) is 18.0 Å². The SMILES string of the molecule is O=C(Nc1ccccc1C(F)F)c1cc(F)c(-n2nc3n(c2=O)CCOC3)cc1OCC(F)(F)F. The van der Waals surface area contributed by atoms with Gasteiger partial charge in [-0.15, -0.1) is 5.10 Å². The van der Waals surface area contributed by atoms with E-state index in [0.717, 1.165) is 18.2 Å². The van der Waals surface area contributed by atoms with E-state index >= 15 is 4.39 Å². The molecule has 3 aromatic rings. The van der Waals surface area contributed by atoms with Crippen molar-refractivity contribution >= 4 is 11.6 Å². The first kappa shape index (κ1) is 24.3. The van der Waals surface area contributed by atoms with E-state index in [2.05, 4.69) is 10.4 Å². The molecule has 0 saturated heterocycles. The summed E-state index contributed by atoms with van der Waals surface area (Å²) in [6, 6.07) is 6.11. The minimum absolute atomic E-state index is 0.0364. The molecule has 8 nitrogen and oxygen atoms in total. The molecule has 0 spiro atoms. The highest BCUT2D eigenvalue weighted by molar-refractivity contribution is 6.06. The van der Waals surface area contributed by atoms with Crippen molar-refractivity contribution in [2.75, 3.05) is 18.5 Å². The standard InChI is InChI=1S/C21H16F6N4O4/c22-13-7-12(19(32)28-14-4-2-1-3-11(14)18(23)24)16(35-10-21(25,26)27)8-15(13)31-20(33)30-5-6-34-9-17(30)29-31/h1-4,7-8,18H,5-6,9-10H2,(H,28,32). The molecule has 4 rings (SSSR count). The number of carbonyl (C=O) groups excluding carboxylic acids is 1. The number of para-hydroxylation sites is 1. The summed E-state index contributed by atoms with van der Waals surface area (Å²) in [5.41, 5.74) is -2.92. The largest absolute Gasteiger partial charge is 0.483 e. The van der Waals surface area contributed by atoms with Crippen molar-refractivity contribution < 1.29 is 40.6 Å². The molecule has 35 heavy (non-hydrogen) atoms. The lowest BCUT2D eigenvalue weighted by Gasteiger charge is -2.16. The topological polar surface area (TPSA) is 87.4 Å². The van der Waals surface area contributed by atoms with Gasteiger partial charge in [0, 0.05) is 17.3 Å². The van der Waals surface area contributed by atoms with Crippen LogP contribution in [0.3, 0.4) is 0 Å². The third kappa shape index (κ3) is 5.16. The Bertz CT molecular complexity index is 1320. The van der Waals surface area contributed by atoms with E-state index in [1.54, 1.807) is 0 Å². The smallest absolute Gasteiger partial charge is 0.422 e. The zero-order valence-corrected chi connectivity index (χ0v) is 17.6. The van der Waals surface area contributed by atoms with Crippen molar-refractivity contribution in [2.45, 2.75) is 25.8 Å². The quantitative estimate of drug-likeness (QED) is 0.518. The predicted octanol–water partition coefficient (Wildman–Crippen LogP) is 3.83. The zero-order chi connectivity index (χ0) is 25.3. The molecule has 1 aromatic heterocycles. The molecular formula is C21H16F6N4O4. The number of carbonyl (C=O) groups is 1. The van der Waals surface area contributed by atoms with Crippen LogP contribution in [0.5, 0.6) is 5.75 Å². The zero-order valence-electron chi connectivity index (χ0n) is 17.6. The first-order valence-corrected chi connectivity index (χ1v) is 10.0. The predicted molar refractivity (Wildman–Crippen MR) is 108 cm³/mol. The van der Waals surface area contributed by atoms with Gasteiger partial charge in [-0.05, 0) is 12.1 Å². The van der Waals surface area contributed by atoms with Gasteiger partial charge in [0.2, 0.25) is 0 Å². The number of halogens is 6. The Morgan fingerprint density at radius 1 is 1.23 bits per heavy atom. The molecule has 0 atom stereocenters. The van der Waals surface area contributed by atoms with Gasteiger partial charge in [0.1, 0.15) is 23.9 Å². The number of ether oxygens (including phenoxy) is 2. The van der Waals surface area contributed by atoms with Crippen LogP contribution < -0.4 is 15.7 Å². The van der Waals surface area contributed by atoms with Crippen molar-refractivity contribution in [3.8, 4) is 11.4 Å². The Balaban J connectivity index is 1.76. The summed E-state index contributed by atoms with van der Waals surface area (Å²) in [7, 11) is 0. The fourth-order valence-electron chi connectivity index (χ4n) is 3.40. The van der Waals surface area contributed by atoms with Gasteiger partial charge >= 0.3 is 11.9 Å². The molecule has 186 valence electrons. The number of aromatic nitrogens is 3. The number of nitrogens with one attached hydrogen (secondary N) is 1. The Hall–Kier alpha value is -3.81. The number of alkyl halides is 5. The van der Waals surface area contributed by atoms with Gasteiger partial charge in [0.15, 0.2) is 12.4 Å². The van der Waals surface area contributed by atoms with E-state index < -0.39 is 59.2 Å². The van der Waals surface area contributed by atoms with Crippen molar-refractivity contribution in [3.05, 3.63) is 69.7 Å². The van der Waals surface area contributed by atoms with Crippen molar-refractivity contribution in [2.24, 2.45) is 0 Å². The molecule has 1 aliphatic rings. The number of hydrogen-bond acceptors (Lipinski definition) is 5. The van der Waals surface area contributed by atoms with Crippen LogP contribution >= 0.6 is 0 Å². The van der Waals surface area contributed by atoms with Crippen molar-refractivity contribution in [1.29, 1.82) is 0 Å². The molecular weight excluding hydrogens is 486 g/mol. The molecule has 2 heterocycles. The highest BCUT2D eigenvalue weighted by Crippen LogP contribution is 2.31. The Morgan fingerprint density at radius 2 is 1.97 bits per heavy atom. The maximum Gasteiger partial charge on any atom is 0.422 e. The summed E-state index contributed by atoms with van der Waals surface area (Å²) in [5, 5.41) is 6.08. The van der Waals surface area contributed by atoms with Crippen LogP contribution in [0.15, 0.2) is 41.2 Å². The Morgan fingerprint density at radius 3 is 2.66 bits per heavy atom. The lowest BCUT2D eigenvalue weighted by Crippen LogP contribution is -2.29. The normalized spacial score (nSPS) is 13.6. The Kier molecular flexibility index (Phi) is 6.56. The molecule has 0 fully saturated rings. The first-order chi connectivity index (χ1) is 16.5. The van der Waals surface area contributed by atoms with E-state index in [1.165, 1.54) is 16.7 Å². The number of hydrogen-bond donors (Lipinski definition) is 1. The minimum Gasteiger partial charge on any atom is -0.483 e. The molecule has 1 aliphatic heterocycles. The number of nitrogens with zero attached hydrogens (tertiary/aromatic N) is 3. The summed E-state index contributed by atoms with van der Waals surface area (Å²) >= 11 is 0. The summed E-state index contributed by atoms with van der Waals surface area (Å²) < 4.78 is 91.7. The van der Waals surface area contributed by atoms with Gasteiger partial charge in [-0.2, -0.15) is 17.9 Å². The van der Waals surface area contributed by atoms with Crippen LogP contribution in [-0.2, 0) is 17.9 Å². The van der Waals surface area contributed by atoms with E-state index in [0.29, 0.717) is 10.7 Å². The van der Waals surface area contributed by atoms with Crippen LogP contribution in [0.25, 0.3) is 5.69 Å². The van der Waals surface area contributed by atoms with Crippen molar-refractivity contribution in [3.63, 3.8) is 0 Å². The molecule has 0 aliphatic carbocycles. The molecule has 0 unspecified atom stereocenters. The fraction of sp³-hybridized carbons (Fsp3) is 0.286. The second kappa shape index (κ2) is 9.44. The molecule has 0 bridgehead atoms. The van der Waals surface area contributed by atoms with E-state index in [-0.39, 0.29) is 31.3 Å². The molecule has 2 aromatic carbocycles. The lowest BCUT2D eigenvalue weighted by atomic mass is 10.1. The average Bonchev–Trinajstić information content (AvgIpc) is 3.14. The van der Waals surface area contributed by atoms with Crippen LogP contribution in [0, 0.1) is 5.82 Å². The lowest BCUT2D eigenvalue weighted by molar-refractivity contribution is -0.153. The number of rotatable bonds is 6. The van der Waals surface area contributed by atoms with E-state index in [4.69, 9.17) is 9.47 Å². The van der Waals surface area contributed by atoms with Crippen LogP contribution in [0.1, 0.15) is 28.2 Å². The maximum atomic E-state index is 15.0. The molecule has 14 heteroatoms. The molecule has 0 saturated carbocycles. The van der Waals surface area contributed by atoms with Crippen LogP contribution in [-0.4, -0.2) is 39.6 Å². The second-order valence-electron chi connectivity index (χ2n) is 7.36. The summed E-state index contributed by atoms with van der Waals surface area (Å²) in [5.74, 6) is -2.95. The highest BCUT2D eigenvalue weighted by atomic mass is 19.4. The average molecular weight is 502 g/mol. The number of fused-ring (bicyclic) bond motifs is 1. The summed E-state index contributed by atoms with van der Waals surface area (Å²) in [6.45, 7) is -1.53. The van der Waals surface area contributed by atoms with Gasteiger partial charge in [-0.1, -0.05) is 18.2 Å². The van der Waals surface area contributed by atoms with E-state index in [1.807, 2.05) is 0 Å². The summed E-state index contributed by atoms with van der Waals surface area (Å²) in [6.07, 6.45) is -7.78. The monoisotopic (exact) mass is 502 g/mol. The minimum atomic E-state index is -4.81. The van der Waals surface area contributed by atoms with E-state index in [9.17, 15) is 31.5 Å². The highest BCUT2D eigenvalue weighted by Gasteiger charge is 2.31. The summed E-state index contributed by atoms with van der Waals surface area (Å²) in [4.78, 5) is 25.4. The second-order valence-corrected chi connectivity index (χ2v) is 7.36. The van der Waals surface area contributed by atoms with Crippen LogP contribution in [0.2, 0.25) is 0 Å². The maximum absolute atomic E-state index is 15.0. The molecule has 0 radical (unpaired) electrons. The number of anilines is 1. The fourth-order valence-corrected chi connectivity index (χ4v) is 3.40. The molecule has 1 amide bonds. The van der Waals surface area contributed by atoms with Gasteiger partial charge < -0.3 is 14.8 Å². The van der Waals surface area contributed by atoms with Gasteiger partial charge in [0.05, 0.1) is 18.7 Å². The van der Waals surface area contributed by atoms with Crippen LogP contribution in [0.4, 0.5) is 32.0 Å². The number of benzene rings is 2. The van der Waals surface area contributed by atoms with Gasteiger partial charge in [-0.3, -0.25) is 9.36 Å². The first-order valence-electron chi connectivity index (χ1n) is 10.0. The third-order valence-electron chi connectivity index (χ3n) is 4.99. The third-order valence-corrected chi connectivity index (χ3v) is 4.99. The number of amides is 1. The molecule has 1 N–H and O–H groups in total. The Labute approximate surface area is 192 Å². The van der Waals surface area contributed by atoms with Crippen molar-refractivity contribution in [1.82, 2.24) is 14.3 Å². The van der Waals surface area contributed by atoms with Gasteiger partial charge in [0.25, 0.3) is 12.3 Å².